The highest BCUT2D eigenvalue weighted by Gasteiger charge is 2.18. The Bertz CT molecular complexity index is 438. The van der Waals surface area contributed by atoms with Crippen LogP contribution in [-0.4, -0.2) is 45.1 Å². The molecular formula is C13H20ClN3O2. The average Bonchev–Trinajstić information content (AvgIpc) is 2.33. The molecule has 0 saturated heterocycles. The van der Waals surface area contributed by atoms with E-state index in [4.69, 9.17) is 22.1 Å². The van der Waals surface area contributed by atoms with Crippen molar-refractivity contribution in [3.8, 4) is 5.75 Å². The van der Waals surface area contributed by atoms with Crippen molar-refractivity contribution in [1.29, 1.82) is 0 Å². The minimum atomic E-state index is -0.552. The monoisotopic (exact) mass is 285 g/mol. The second kappa shape index (κ2) is 7.33. The van der Waals surface area contributed by atoms with Crippen LogP contribution in [0.3, 0.4) is 0 Å². The summed E-state index contributed by atoms with van der Waals surface area (Å²) in [6.45, 7) is 1.47. The number of nitrogens with one attached hydrogen (secondary N) is 1. The Kier molecular flexibility index (Phi) is 6.08. The van der Waals surface area contributed by atoms with Gasteiger partial charge in [0.05, 0.1) is 12.1 Å². The lowest BCUT2D eigenvalue weighted by atomic mass is 10.1. The van der Waals surface area contributed by atoms with E-state index in [1.54, 1.807) is 25.3 Å². The third-order valence-electron chi connectivity index (χ3n) is 2.70. The van der Waals surface area contributed by atoms with Crippen LogP contribution in [0.1, 0.15) is 11.6 Å². The van der Waals surface area contributed by atoms with Crippen LogP contribution in [0, 0.1) is 0 Å². The fraction of sp³-hybridized carbons (Fsp3) is 0.462. The first-order chi connectivity index (χ1) is 8.95. The van der Waals surface area contributed by atoms with Gasteiger partial charge in [-0.25, -0.2) is 0 Å². The van der Waals surface area contributed by atoms with E-state index in [9.17, 15) is 4.79 Å². The van der Waals surface area contributed by atoms with Crippen LogP contribution in [0.5, 0.6) is 5.75 Å². The van der Waals surface area contributed by atoms with Crippen molar-refractivity contribution in [1.82, 2.24) is 10.2 Å². The molecule has 106 valence electrons. The second-order valence-corrected chi connectivity index (χ2v) is 4.89. The highest BCUT2D eigenvalue weighted by atomic mass is 35.5. The molecule has 1 aromatic carbocycles. The van der Waals surface area contributed by atoms with Crippen molar-refractivity contribution in [3.63, 3.8) is 0 Å². The minimum Gasteiger partial charge on any atom is -0.495 e. The first-order valence-electron chi connectivity index (χ1n) is 5.96. The molecule has 3 N–H and O–H groups in total. The molecule has 0 aliphatic rings. The van der Waals surface area contributed by atoms with Gasteiger partial charge in [-0.1, -0.05) is 17.7 Å². The zero-order valence-corrected chi connectivity index (χ0v) is 12.2. The van der Waals surface area contributed by atoms with Crippen LogP contribution in [0.15, 0.2) is 18.2 Å². The van der Waals surface area contributed by atoms with Crippen LogP contribution < -0.4 is 15.8 Å². The van der Waals surface area contributed by atoms with E-state index < -0.39 is 11.9 Å². The normalized spacial score (nSPS) is 12.5. The maximum atomic E-state index is 11.5. The van der Waals surface area contributed by atoms with E-state index in [0.717, 1.165) is 12.1 Å². The van der Waals surface area contributed by atoms with Gasteiger partial charge in [-0.2, -0.15) is 0 Å². The highest BCUT2D eigenvalue weighted by molar-refractivity contribution is 6.32. The molecule has 0 spiro atoms. The van der Waals surface area contributed by atoms with Gasteiger partial charge in [0, 0.05) is 13.1 Å². The van der Waals surface area contributed by atoms with Gasteiger partial charge in [0.1, 0.15) is 11.8 Å². The van der Waals surface area contributed by atoms with Crippen LogP contribution in [0.2, 0.25) is 5.02 Å². The number of benzene rings is 1. The standard InChI is InChI=1S/C13H20ClN3O2/c1-17(2)7-6-16-12(13(15)18)9-4-5-11(19-3)10(14)8-9/h4-5,8,12,16H,6-7H2,1-3H3,(H2,15,18). The van der Waals surface area contributed by atoms with Gasteiger partial charge in [0.15, 0.2) is 0 Å². The highest BCUT2D eigenvalue weighted by Crippen LogP contribution is 2.27. The molecule has 0 saturated carbocycles. The predicted molar refractivity (Wildman–Crippen MR) is 76.5 cm³/mol. The van der Waals surface area contributed by atoms with Crippen LogP contribution in [-0.2, 0) is 4.79 Å². The Morgan fingerprint density at radius 1 is 1.53 bits per heavy atom. The van der Waals surface area contributed by atoms with Crippen molar-refractivity contribution in [2.75, 3.05) is 34.3 Å². The molecule has 6 heteroatoms. The van der Waals surface area contributed by atoms with E-state index in [1.165, 1.54) is 0 Å². The van der Waals surface area contributed by atoms with Crippen molar-refractivity contribution < 1.29 is 9.53 Å². The predicted octanol–water partition coefficient (Wildman–Crippen LogP) is 1.03. The first kappa shape index (κ1) is 15.8. The molecule has 0 heterocycles. The molecule has 0 aromatic heterocycles. The maximum Gasteiger partial charge on any atom is 0.239 e. The number of hydrogen-bond donors (Lipinski definition) is 2. The summed E-state index contributed by atoms with van der Waals surface area (Å²) in [5, 5.41) is 3.57. The molecule has 1 amide bonds. The lowest BCUT2D eigenvalue weighted by Gasteiger charge is -2.18. The fourth-order valence-electron chi connectivity index (χ4n) is 1.68. The molecule has 1 atom stereocenters. The summed E-state index contributed by atoms with van der Waals surface area (Å²) >= 11 is 6.05. The molecule has 19 heavy (non-hydrogen) atoms. The summed E-state index contributed by atoms with van der Waals surface area (Å²) in [4.78, 5) is 13.5. The average molecular weight is 286 g/mol. The van der Waals surface area contributed by atoms with E-state index >= 15 is 0 Å². The van der Waals surface area contributed by atoms with Crippen LogP contribution in [0.4, 0.5) is 0 Å². The van der Waals surface area contributed by atoms with Crippen molar-refractivity contribution in [2.24, 2.45) is 5.73 Å². The first-order valence-corrected chi connectivity index (χ1v) is 6.34. The Hall–Kier alpha value is -1.30. The molecule has 0 bridgehead atoms. The summed E-state index contributed by atoms with van der Waals surface area (Å²) in [5.74, 6) is 0.141. The summed E-state index contributed by atoms with van der Waals surface area (Å²) in [6, 6.07) is 4.64. The maximum absolute atomic E-state index is 11.5. The summed E-state index contributed by atoms with van der Waals surface area (Å²) in [5.41, 5.74) is 6.15. The Labute approximate surface area is 118 Å². The number of halogens is 1. The summed E-state index contributed by atoms with van der Waals surface area (Å²) in [7, 11) is 5.47. The lowest BCUT2D eigenvalue weighted by Crippen LogP contribution is -2.37. The number of ether oxygens (including phenoxy) is 1. The number of carbonyl (C=O) groups excluding carboxylic acids is 1. The third-order valence-corrected chi connectivity index (χ3v) is 3.00. The number of primary amides is 1. The molecular weight excluding hydrogens is 266 g/mol. The van der Waals surface area contributed by atoms with Crippen molar-refractivity contribution in [2.45, 2.75) is 6.04 Å². The molecule has 0 fully saturated rings. The van der Waals surface area contributed by atoms with Crippen LogP contribution in [0.25, 0.3) is 0 Å². The van der Waals surface area contributed by atoms with Gasteiger partial charge in [-0.15, -0.1) is 0 Å². The smallest absolute Gasteiger partial charge is 0.239 e. The van der Waals surface area contributed by atoms with Crippen molar-refractivity contribution in [3.05, 3.63) is 28.8 Å². The molecule has 0 aliphatic heterocycles. The number of nitrogens with zero attached hydrogens (tertiary/aromatic N) is 1. The molecule has 1 unspecified atom stereocenters. The Morgan fingerprint density at radius 3 is 2.68 bits per heavy atom. The quantitative estimate of drug-likeness (QED) is 0.785. The van der Waals surface area contributed by atoms with Gasteiger partial charge in [0.2, 0.25) is 5.91 Å². The number of likely N-dealkylation sites (N-methyl/N-ethyl adjacent to an activating group) is 1. The fourth-order valence-corrected chi connectivity index (χ4v) is 1.94. The molecule has 1 aromatic rings. The van der Waals surface area contributed by atoms with Gasteiger partial charge in [0.25, 0.3) is 0 Å². The van der Waals surface area contributed by atoms with Crippen LogP contribution >= 0.6 is 11.6 Å². The van der Waals surface area contributed by atoms with E-state index in [1.807, 2.05) is 19.0 Å². The van der Waals surface area contributed by atoms with Gasteiger partial charge < -0.3 is 20.7 Å². The number of hydrogen-bond acceptors (Lipinski definition) is 4. The molecule has 1 rings (SSSR count). The van der Waals surface area contributed by atoms with Crippen molar-refractivity contribution >= 4 is 17.5 Å². The Balaban J connectivity index is 2.81. The molecule has 0 aliphatic carbocycles. The SMILES string of the molecule is COc1ccc(C(NCCN(C)C)C(N)=O)cc1Cl. The molecule has 0 radical (unpaired) electrons. The second-order valence-electron chi connectivity index (χ2n) is 4.49. The number of amides is 1. The van der Waals surface area contributed by atoms with E-state index in [2.05, 4.69) is 5.32 Å². The number of methoxy groups -OCH3 is 1. The Morgan fingerprint density at radius 2 is 2.21 bits per heavy atom. The van der Waals surface area contributed by atoms with E-state index in [0.29, 0.717) is 17.3 Å². The summed E-state index contributed by atoms with van der Waals surface area (Å²) < 4.78 is 5.08. The topological polar surface area (TPSA) is 67.6 Å². The third kappa shape index (κ3) is 4.70. The largest absolute Gasteiger partial charge is 0.495 e. The molecule has 5 nitrogen and oxygen atoms in total. The number of nitrogens with two attached hydrogens (primary N) is 1. The zero-order chi connectivity index (χ0) is 14.4. The number of carbonyl (C=O) groups is 1. The lowest BCUT2D eigenvalue weighted by molar-refractivity contribution is -0.120. The number of rotatable bonds is 7. The van der Waals surface area contributed by atoms with Gasteiger partial charge in [-0.05, 0) is 31.8 Å². The minimum absolute atomic E-state index is 0.431. The summed E-state index contributed by atoms with van der Waals surface area (Å²) in [6.07, 6.45) is 0. The zero-order valence-electron chi connectivity index (χ0n) is 11.4. The van der Waals surface area contributed by atoms with Gasteiger partial charge >= 0.3 is 0 Å². The van der Waals surface area contributed by atoms with E-state index in [-0.39, 0.29) is 0 Å². The van der Waals surface area contributed by atoms with Gasteiger partial charge in [-0.3, -0.25) is 4.79 Å².